The lowest BCUT2D eigenvalue weighted by molar-refractivity contribution is 0.0951. The van der Waals surface area contributed by atoms with Crippen molar-refractivity contribution in [3.05, 3.63) is 78.0 Å². The summed E-state index contributed by atoms with van der Waals surface area (Å²) in [5.41, 5.74) is 2.40. The van der Waals surface area contributed by atoms with Gasteiger partial charge in [0, 0.05) is 24.0 Å². The van der Waals surface area contributed by atoms with Crippen LogP contribution in [0, 0.1) is 0 Å². The fourth-order valence-corrected chi connectivity index (χ4v) is 2.70. The van der Waals surface area contributed by atoms with Gasteiger partial charge in [-0.05, 0) is 67.9 Å². The Labute approximate surface area is 170 Å². The van der Waals surface area contributed by atoms with Crippen LogP contribution in [0.25, 0.3) is 0 Å². The van der Waals surface area contributed by atoms with Crippen LogP contribution < -0.4 is 20.1 Å². The molecule has 0 aliphatic carbocycles. The maximum Gasteiger partial charge on any atom is 0.251 e. The van der Waals surface area contributed by atoms with Gasteiger partial charge in [-0.2, -0.15) is 0 Å². The molecule has 6 heteroatoms. The molecule has 1 amide bonds. The highest BCUT2D eigenvalue weighted by Crippen LogP contribution is 2.20. The minimum atomic E-state index is -0.160. The molecule has 0 saturated heterocycles. The van der Waals surface area contributed by atoms with E-state index < -0.39 is 0 Å². The van der Waals surface area contributed by atoms with E-state index in [9.17, 15) is 4.79 Å². The van der Waals surface area contributed by atoms with Crippen molar-refractivity contribution in [3.8, 4) is 11.5 Å². The molecule has 0 fully saturated rings. The number of carbonyl (C=O) groups is 1. The smallest absolute Gasteiger partial charge is 0.251 e. The maximum absolute atomic E-state index is 12.5. The average Bonchev–Trinajstić information content (AvgIpc) is 2.73. The lowest BCUT2D eigenvalue weighted by atomic mass is 10.2. The van der Waals surface area contributed by atoms with Crippen molar-refractivity contribution in [1.29, 1.82) is 0 Å². The van der Waals surface area contributed by atoms with E-state index in [0.29, 0.717) is 17.9 Å². The van der Waals surface area contributed by atoms with Crippen molar-refractivity contribution in [3.63, 3.8) is 0 Å². The molecule has 1 heterocycles. The topological polar surface area (TPSA) is 72.5 Å². The third kappa shape index (κ3) is 5.97. The third-order valence-electron chi connectivity index (χ3n) is 4.13. The molecule has 150 valence electrons. The van der Waals surface area contributed by atoms with E-state index in [1.54, 1.807) is 25.4 Å². The normalized spacial score (nSPS) is 10.5. The minimum absolute atomic E-state index is 0.128. The van der Waals surface area contributed by atoms with Crippen LogP contribution in [-0.4, -0.2) is 24.1 Å². The van der Waals surface area contributed by atoms with Gasteiger partial charge in [0.25, 0.3) is 5.91 Å². The predicted octanol–water partition coefficient (Wildman–Crippen LogP) is 4.55. The molecule has 0 radical (unpaired) electrons. The summed E-state index contributed by atoms with van der Waals surface area (Å²) in [6, 6.07) is 18.6. The standard InChI is InChI=1S/C23H25N3O3/c1-16(2)29-21-10-6-19(7-11-21)26-22-14-18(12-13-24-22)23(27)25-15-17-4-8-20(28-3)9-5-17/h4-14,16H,15H2,1-3H3,(H,24,26)(H,25,27). The number of methoxy groups -OCH3 is 1. The highest BCUT2D eigenvalue weighted by molar-refractivity contribution is 5.94. The second kappa shape index (κ2) is 9.59. The zero-order valence-corrected chi connectivity index (χ0v) is 16.8. The Morgan fingerprint density at radius 1 is 1.00 bits per heavy atom. The van der Waals surface area contributed by atoms with Gasteiger partial charge in [0.15, 0.2) is 0 Å². The van der Waals surface area contributed by atoms with Crippen LogP contribution in [0.4, 0.5) is 11.5 Å². The van der Waals surface area contributed by atoms with Gasteiger partial charge in [-0.15, -0.1) is 0 Å². The zero-order valence-electron chi connectivity index (χ0n) is 16.8. The summed E-state index contributed by atoms with van der Waals surface area (Å²) in [5, 5.41) is 6.12. The Hall–Kier alpha value is -3.54. The van der Waals surface area contributed by atoms with E-state index in [2.05, 4.69) is 15.6 Å². The summed E-state index contributed by atoms with van der Waals surface area (Å²) in [4.78, 5) is 16.8. The summed E-state index contributed by atoms with van der Waals surface area (Å²) >= 11 is 0. The van der Waals surface area contributed by atoms with Crippen LogP contribution in [0.1, 0.15) is 29.8 Å². The van der Waals surface area contributed by atoms with Gasteiger partial charge in [-0.3, -0.25) is 4.79 Å². The summed E-state index contributed by atoms with van der Waals surface area (Å²) in [6.07, 6.45) is 1.74. The number of ether oxygens (including phenoxy) is 2. The number of rotatable bonds is 8. The number of anilines is 2. The quantitative estimate of drug-likeness (QED) is 0.589. The van der Waals surface area contributed by atoms with E-state index >= 15 is 0 Å². The van der Waals surface area contributed by atoms with Gasteiger partial charge in [-0.1, -0.05) is 12.1 Å². The summed E-state index contributed by atoms with van der Waals surface area (Å²) in [7, 11) is 1.62. The van der Waals surface area contributed by atoms with E-state index in [4.69, 9.17) is 9.47 Å². The van der Waals surface area contributed by atoms with E-state index in [-0.39, 0.29) is 12.0 Å². The summed E-state index contributed by atoms with van der Waals surface area (Å²) in [5.74, 6) is 2.03. The molecule has 3 rings (SSSR count). The van der Waals surface area contributed by atoms with Crippen LogP contribution in [0.15, 0.2) is 66.9 Å². The van der Waals surface area contributed by atoms with Crippen molar-refractivity contribution >= 4 is 17.4 Å². The first-order chi connectivity index (χ1) is 14.0. The average molecular weight is 391 g/mol. The Balaban J connectivity index is 1.60. The third-order valence-corrected chi connectivity index (χ3v) is 4.13. The first-order valence-corrected chi connectivity index (χ1v) is 9.44. The van der Waals surface area contributed by atoms with Crippen LogP contribution in [0.2, 0.25) is 0 Å². The molecular formula is C23H25N3O3. The molecule has 2 aromatic carbocycles. The molecule has 0 aliphatic heterocycles. The van der Waals surface area contributed by atoms with E-state index in [0.717, 1.165) is 22.7 Å². The Morgan fingerprint density at radius 2 is 1.69 bits per heavy atom. The Bertz CT molecular complexity index is 938. The highest BCUT2D eigenvalue weighted by Gasteiger charge is 2.08. The summed E-state index contributed by atoms with van der Waals surface area (Å²) in [6.45, 7) is 4.41. The minimum Gasteiger partial charge on any atom is -0.497 e. The van der Waals surface area contributed by atoms with E-state index in [1.807, 2.05) is 62.4 Å². The summed E-state index contributed by atoms with van der Waals surface area (Å²) < 4.78 is 10.8. The molecular weight excluding hydrogens is 366 g/mol. The van der Waals surface area contributed by atoms with Gasteiger partial charge in [0.05, 0.1) is 13.2 Å². The van der Waals surface area contributed by atoms with Crippen LogP contribution in [0.5, 0.6) is 11.5 Å². The van der Waals surface area contributed by atoms with Crippen molar-refractivity contribution in [2.75, 3.05) is 12.4 Å². The fourth-order valence-electron chi connectivity index (χ4n) is 2.70. The van der Waals surface area contributed by atoms with E-state index in [1.165, 1.54) is 0 Å². The monoisotopic (exact) mass is 391 g/mol. The number of hydrogen-bond donors (Lipinski definition) is 2. The van der Waals surface area contributed by atoms with Gasteiger partial charge in [0.1, 0.15) is 17.3 Å². The number of hydrogen-bond acceptors (Lipinski definition) is 5. The van der Waals surface area contributed by atoms with Crippen LogP contribution in [-0.2, 0) is 6.54 Å². The Morgan fingerprint density at radius 3 is 2.34 bits per heavy atom. The highest BCUT2D eigenvalue weighted by atomic mass is 16.5. The number of benzene rings is 2. The van der Waals surface area contributed by atoms with Crippen LogP contribution >= 0.6 is 0 Å². The molecule has 2 N–H and O–H groups in total. The first-order valence-electron chi connectivity index (χ1n) is 9.44. The first kappa shape index (κ1) is 20.2. The molecule has 0 atom stereocenters. The fraction of sp³-hybridized carbons (Fsp3) is 0.217. The van der Waals surface area contributed by atoms with Crippen molar-refractivity contribution in [2.45, 2.75) is 26.5 Å². The molecule has 0 saturated carbocycles. The second-order valence-corrected chi connectivity index (χ2v) is 6.78. The van der Waals surface area contributed by atoms with Gasteiger partial charge in [0.2, 0.25) is 0 Å². The molecule has 0 unspecified atom stereocenters. The maximum atomic E-state index is 12.5. The molecule has 1 aromatic heterocycles. The molecule has 0 bridgehead atoms. The molecule has 6 nitrogen and oxygen atoms in total. The van der Waals surface area contributed by atoms with Crippen molar-refractivity contribution in [2.24, 2.45) is 0 Å². The van der Waals surface area contributed by atoms with Crippen molar-refractivity contribution in [1.82, 2.24) is 10.3 Å². The number of amides is 1. The number of nitrogens with one attached hydrogen (secondary N) is 2. The van der Waals surface area contributed by atoms with Crippen LogP contribution in [0.3, 0.4) is 0 Å². The lowest BCUT2D eigenvalue weighted by Crippen LogP contribution is -2.22. The predicted molar refractivity (Wildman–Crippen MR) is 114 cm³/mol. The van der Waals surface area contributed by atoms with Gasteiger partial charge < -0.3 is 20.1 Å². The van der Waals surface area contributed by atoms with Crippen molar-refractivity contribution < 1.29 is 14.3 Å². The SMILES string of the molecule is COc1ccc(CNC(=O)c2ccnc(Nc3ccc(OC(C)C)cc3)c2)cc1. The largest absolute Gasteiger partial charge is 0.497 e. The number of pyridine rings is 1. The molecule has 29 heavy (non-hydrogen) atoms. The molecule has 0 spiro atoms. The van der Waals surface area contributed by atoms with Gasteiger partial charge >= 0.3 is 0 Å². The van der Waals surface area contributed by atoms with Gasteiger partial charge in [-0.25, -0.2) is 4.98 Å². The number of nitrogens with zero attached hydrogens (tertiary/aromatic N) is 1. The second-order valence-electron chi connectivity index (χ2n) is 6.78. The molecule has 0 aliphatic rings. The number of carbonyl (C=O) groups excluding carboxylic acids is 1. The lowest BCUT2D eigenvalue weighted by Gasteiger charge is -2.11. The zero-order chi connectivity index (χ0) is 20.6. The Kier molecular flexibility index (Phi) is 6.68. The molecule has 3 aromatic rings. The number of aromatic nitrogens is 1.